The van der Waals surface area contributed by atoms with E-state index < -0.39 is 0 Å². The highest BCUT2D eigenvalue weighted by atomic mass is 35.5. The summed E-state index contributed by atoms with van der Waals surface area (Å²) < 4.78 is 9.64. The number of anilines is 1. The lowest BCUT2D eigenvalue weighted by atomic mass is 9.70. The predicted octanol–water partition coefficient (Wildman–Crippen LogP) is 8.03. The second kappa shape index (κ2) is 15.4. The first-order valence-corrected chi connectivity index (χ1v) is 16.5. The lowest BCUT2D eigenvalue weighted by molar-refractivity contribution is 0.0984. The number of carbonyl (C=O) groups excluding carboxylic acids is 1. The SMILES string of the molecule is CCCc1cc(Cl)ccc1C1COc2ccc3cc2N(C1)CC1CCC1CCCCCC(CC)SNC3=O.CO. The molecule has 7 heteroatoms. The number of aryl methyl sites for hydroxylation is 1. The van der Waals surface area contributed by atoms with E-state index in [-0.39, 0.29) is 11.8 Å². The first-order valence-electron chi connectivity index (χ1n) is 15.3. The van der Waals surface area contributed by atoms with Crippen molar-refractivity contribution in [1.29, 1.82) is 0 Å². The summed E-state index contributed by atoms with van der Waals surface area (Å²) in [7, 11) is 1.00. The van der Waals surface area contributed by atoms with Gasteiger partial charge in [0, 0.05) is 42.0 Å². The van der Waals surface area contributed by atoms with Crippen molar-refractivity contribution in [3.8, 4) is 5.75 Å². The number of fused-ring (bicyclic) bond motifs is 2. The Hall–Kier alpha value is -1.89. The van der Waals surface area contributed by atoms with Crippen molar-refractivity contribution < 1.29 is 14.6 Å². The van der Waals surface area contributed by atoms with Crippen molar-refractivity contribution in [1.82, 2.24) is 4.72 Å². The Morgan fingerprint density at radius 2 is 1.80 bits per heavy atom. The zero-order chi connectivity index (χ0) is 28.5. The third-order valence-corrected chi connectivity index (χ3v) is 10.4. The van der Waals surface area contributed by atoms with Crippen LogP contribution in [0, 0.1) is 11.8 Å². The zero-order valence-electron chi connectivity index (χ0n) is 24.5. The van der Waals surface area contributed by atoms with Gasteiger partial charge in [-0.3, -0.25) is 9.52 Å². The molecule has 2 bridgehead atoms. The van der Waals surface area contributed by atoms with Gasteiger partial charge in [-0.15, -0.1) is 0 Å². The number of nitrogens with zero attached hydrogens (tertiary/aromatic N) is 1. The molecule has 1 aliphatic carbocycles. The van der Waals surface area contributed by atoms with Crippen LogP contribution in [0.5, 0.6) is 5.75 Å². The molecule has 5 rings (SSSR count). The number of aliphatic hydroxyl groups is 1. The molecule has 40 heavy (non-hydrogen) atoms. The molecule has 1 amide bonds. The number of nitrogens with one attached hydrogen (secondary N) is 1. The van der Waals surface area contributed by atoms with E-state index in [1.165, 1.54) is 56.1 Å². The molecule has 0 spiro atoms. The van der Waals surface area contributed by atoms with E-state index in [0.29, 0.717) is 23.3 Å². The summed E-state index contributed by atoms with van der Waals surface area (Å²) in [6.07, 6.45) is 12.3. The molecule has 2 aromatic rings. The molecule has 2 aromatic carbocycles. The van der Waals surface area contributed by atoms with E-state index in [1.807, 2.05) is 18.2 Å². The molecule has 4 unspecified atom stereocenters. The van der Waals surface area contributed by atoms with E-state index in [1.54, 1.807) is 11.9 Å². The molecule has 2 N–H and O–H groups in total. The highest BCUT2D eigenvalue weighted by Crippen LogP contribution is 2.43. The molecule has 1 fully saturated rings. The van der Waals surface area contributed by atoms with Crippen LogP contribution >= 0.6 is 23.5 Å². The quantitative estimate of drug-likeness (QED) is 0.355. The van der Waals surface area contributed by atoms with Crippen molar-refractivity contribution in [2.45, 2.75) is 89.2 Å². The maximum absolute atomic E-state index is 13.2. The highest BCUT2D eigenvalue weighted by Gasteiger charge is 2.35. The van der Waals surface area contributed by atoms with Crippen LogP contribution in [-0.2, 0) is 6.42 Å². The zero-order valence-corrected chi connectivity index (χ0v) is 26.0. The van der Waals surface area contributed by atoms with E-state index >= 15 is 0 Å². The first-order chi connectivity index (χ1) is 19.6. The van der Waals surface area contributed by atoms with Crippen LogP contribution in [0.1, 0.15) is 99.0 Å². The van der Waals surface area contributed by atoms with Gasteiger partial charge in [0.25, 0.3) is 5.91 Å². The van der Waals surface area contributed by atoms with Crippen molar-refractivity contribution in [3.63, 3.8) is 0 Å². The van der Waals surface area contributed by atoms with E-state index in [4.69, 9.17) is 21.4 Å². The van der Waals surface area contributed by atoms with Gasteiger partial charge >= 0.3 is 0 Å². The Morgan fingerprint density at radius 3 is 2.55 bits per heavy atom. The molecular weight excluding hydrogens is 540 g/mol. The number of halogens is 1. The third kappa shape index (κ3) is 7.68. The Labute approximate surface area is 250 Å². The summed E-state index contributed by atoms with van der Waals surface area (Å²) in [5.41, 5.74) is 4.47. The largest absolute Gasteiger partial charge is 0.491 e. The molecule has 5 nitrogen and oxygen atoms in total. The van der Waals surface area contributed by atoms with Gasteiger partial charge in [-0.1, -0.05) is 63.6 Å². The molecule has 3 aliphatic rings. The van der Waals surface area contributed by atoms with Crippen LogP contribution < -0.4 is 14.4 Å². The Balaban J connectivity index is 0.00000181. The van der Waals surface area contributed by atoms with Gasteiger partial charge in [0.1, 0.15) is 5.75 Å². The lowest BCUT2D eigenvalue weighted by Crippen LogP contribution is -2.40. The summed E-state index contributed by atoms with van der Waals surface area (Å²) in [6, 6.07) is 12.4. The Bertz CT molecular complexity index is 1110. The second-order valence-electron chi connectivity index (χ2n) is 11.5. The maximum Gasteiger partial charge on any atom is 0.261 e. The number of rotatable bonds is 4. The molecule has 1 saturated carbocycles. The van der Waals surface area contributed by atoms with E-state index in [0.717, 1.165) is 61.8 Å². The summed E-state index contributed by atoms with van der Waals surface area (Å²) in [5.74, 6) is 2.68. The topological polar surface area (TPSA) is 61.8 Å². The minimum Gasteiger partial charge on any atom is -0.491 e. The molecule has 0 radical (unpaired) electrons. The van der Waals surface area contributed by atoms with Crippen LogP contribution in [0.4, 0.5) is 5.69 Å². The Kier molecular flexibility index (Phi) is 11.9. The van der Waals surface area contributed by atoms with Gasteiger partial charge in [0.2, 0.25) is 0 Å². The van der Waals surface area contributed by atoms with Gasteiger partial charge in [-0.25, -0.2) is 0 Å². The normalized spacial score (nSPS) is 25.2. The number of hydrogen-bond acceptors (Lipinski definition) is 5. The molecular formula is C33H47ClN2O3S. The Morgan fingerprint density at radius 1 is 1.00 bits per heavy atom. The van der Waals surface area contributed by atoms with Crippen LogP contribution in [0.2, 0.25) is 5.02 Å². The van der Waals surface area contributed by atoms with Gasteiger partial charge in [-0.2, -0.15) is 0 Å². The average molecular weight is 587 g/mol. The first kappa shape index (κ1) is 31.1. The van der Waals surface area contributed by atoms with Crippen molar-refractivity contribution >= 4 is 35.1 Å². The van der Waals surface area contributed by atoms with Crippen LogP contribution in [-0.4, -0.2) is 43.1 Å². The number of aliphatic hydroxyl groups excluding tert-OH is 1. The summed E-state index contributed by atoms with van der Waals surface area (Å²) >= 11 is 8.01. The predicted molar refractivity (Wildman–Crippen MR) is 169 cm³/mol. The van der Waals surface area contributed by atoms with Crippen LogP contribution in [0.3, 0.4) is 0 Å². The van der Waals surface area contributed by atoms with Crippen molar-refractivity contribution in [3.05, 3.63) is 58.1 Å². The number of hydrogen-bond donors (Lipinski definition) is 2. The summed E-state index contributed by atoms with van der Waals surface area (Å²) in [5, 5.41) is 8.28. The molecule has 0 saturated heterocycles. The van der Waals surface area contributed by atoms with Gasteiger partial charge in [0.05, 0.1) is 12.3 Å². The minimum absolute atomic E-state index is 0.00598. The maximum atomic E-state index is 13.2. The van der Waals surface area contributed by atoms with E-state index in [2.05, 4.69) is 41.7 Å². The summed E-state index contributed by atoms with van der Waals surface area (Å²) in [6.45, 7) is 7.01. The van der Waals surface area contributed by atoms with Gasteiger partial charge < -0.3 is 14.7 Å². The average Bonchev–Trinajstić information content (AvgIpc) is 3.14. The molecule has 2 heterocycles. The molecule has 2 aliphatic heterocycles. The smallest absolute Gasteiger partial charge is 0.261 e. The van der Waals surface area contributed by atoms with Crippen molar-refractivity contribution in [2.75, 3.05) is 31.7 Å². The fourth-order valence-corrected chi connectivity index (χ4v) is 7.53. The number of benzene rings is 2. The molecule has 220 valence electrons. The fourth-order valence-electron chi connectivity index (χ4n) is 6.49. The lowest BCUT2D eigenvalue weighted by Gasteiger charge is -2.41. The fraction of sp³-hybridized carbons (Fsp3) is 0.606. The number of ether oxygens (including phenoxy) is 1. The van der Waals surface area contributed by atoms with E-state index in [9.17, 15) is 4.79 Å². The van der Waals surface area contributed by atoms with Crippen LogP contribution in [0.15, 0.2) is 36.4 Å². The standard InChI is InChI=1S/C32H43ClN2O2S.CH4O/c1-3-8-23-17-27(33)14-15-29(23)26-20-35-19-25-12-11-22(25)9-6-5-7-10-28(4-2)38-34-32(36)24-13-16-31(37-21-26)30(35)18-24;1-2/h13-18,22,25-26,28H,3-12,19-21H2,1-2H3,(H,34,36);2H,1H3. The monoisotopic (exact) mass is 586 g/mol. The number of carbonyl (C=O) groups is 1. The summed E-state index contributed by atoms with van der Waals surface area (Å²) in [4.78, 5) is 15.7. The van der Waals surface area contributed by atoms with Gasteiger partial charge in [-0.05, 0) is 97.3 Å². The minimum atomic E-state index is -0.00598. The third-order valence-electron chi connectivity index (χ3n) is 8.91. The van der Waals surface area contributed by atoms with Crippen molar-refractivity contribution in [2.24, 2.45) is 11.8 Å². The highest BCUT2D eigenvalue weighted by molar-refractivity contribution is 7.98. The van der Waals surface area contributed by atoms with Gasteiger partial charge in [0.15, 0.2) is 0 Å². The van der Waals surface area contributed by atoms with Crippen LogP contribution in [0.25, 0.3) is 0 Å². The number of amides is 1. The molecule has 0 aromatic heterocycles. The molecule has 4 atom stereocenters. The second-order valence-corrected chi connectivity index (χ2v) is 13.0.